The van der Waals surface area contributed by atoms with E-state index in [0.29, 0.717) is 0 Å². The molecular formula is C13H18FNO2. The van der Waals surface area contributed by atoms with E-state index < -0.39 is 17.3 Å². The lowest BCUT2D eigenvalue weighted by Gasteiger charge is -2.26. The van der Waals surface area contributed by atoms with Crippen LogP contribution in [0.1, 0.15) is 44.0 Å². The summed E-state index contributed by atoms with van der Waals surface area (Å²) in [5.41, 5.74) is -0.711. The lowest BCUT2D eigenvalue weighted by atomic mass is 9.98. The Hall–Kier alpha value is -1.58. The molecule has 4 heteroatoms. The second-order valence-corrected chi connectivity index (χ2v) is 4.72. The van der Waals surface area contributed by atoms with Gasteiger partial charge in [-0.25, -0.2) is 4.39 Å². The summed E-state index contributed by atoms with van der Waals surface area (Å²) in [4.78, 5) is 11.9. The summed E-state index contributed by atoms with van der Waals surface area (Å²) in [5.74, 6) is -1.64. The molecule has 0 aliphatic carbocycles. The molecule has 94 valence electrons. The molecule has 1 amide bonds. The third-order valence-corrected chi connectivity index (χ3v) is 2.55. The van der Waals surface area contributed by atoms with E-state index in [1.807, 2.05) is 20.8 Å². The second-order valence-electron chi connectivity index (χ2n) is 4.72. The number of carbonyl (C=O) groups is 1. The predicted octanol–water partition coefficient (Wildman–Crippen LogP) is 2.84. The van der Waals surface area contributed by atoms with Crippen LogP contribution in [-0.2, 0) is 0 Å². The minimum atomic E-state index is -0.713. The minimum absolute atomic E-state index is 0.295. The number of phenols is 1. The summed E-state index contributed by atoms with van der Waals surface area (Å²) in [6, 6.07) is 3.81. The van der Waals surface area contributed by atoms with Crippen molar-refractivity contribution in [2.24, 2.45) is 0 Å². The first-order valence-electron chi connectivity index (χ1n) is 5.67. The van der Waals surface area contributed by atoms with Gasteiger partial charge in [-0.05, 0) is 32.4 Å². The van der Waals surface area contributed by atoms with Crippen LogP contribution in [0.3, 0.4) is 0 Å². The first-order valence-corrected chi connectivity index (χ1v) is 5.67. The topological polar surface area (TPSA) is 49.3 Å². The van der Waals surface area contributed by atoms with Gasteiger partial charge in [-0.3, -0.25) is 4.79 Å². The Kier molecular flexibility index (Phi) is 4.10. The number of nitrogens with one attached hydrogen (secondary N) is 1. The van der Waals surface area contributed by atoms with Crippen LogP contribution >= 0.6 is 0 Å². The molecule has 0 saturated carbocycles. The summed E-state index contributed by atoms with van der Waals surface area (Å²) < 4.78 is 13.4. The first-order chi connectivity index (χ1) is 7.87. The Labute approximate surface area is 101 Å². The summed E-state index contributed by atoms with van der Waals surface area (Å²) in [6.07, 6.45) is 1.70. The molecule has 0 bridgehead atoms. The van der Waals surface area contributed by atoms with E-state index >= 15 is 0 Å². The van der Waals surface area contributed by atoms with Gasteiger partial charge in [-0.1, -0.05) is 19.4 Å². The van der Waals surface area contributed by atoms with Gasteiger partial charge in [0.1, 0.15) is 17.1 Å². The average Bonchev–Trinajstić information content (AvgIpc) is 2.15. The molecule has 0 radical (unpaired) electrons. The third-order valence-electron chi connectivity index (χ3n) is 2.55. The van der Waals surface area contributed by atoms with Crippen molar-refractivity contribution < 1.29 is 14.3 Å². The van der Waals surface area contributed by atoms with Gasteiger partial charge in [0, 0.05) is 5.54 Å². The molecule has 0 fully saturated rings. The molecule has 0 unspecified atom stereocenters. The molecule has 2 N–H and O–H groups in total. The number of aromatic hydroxyl groups is 1. The number of phenolic OH excluding ortho intramolecular Hbond substituents is 1. The van der Waals surface area contributed by atoms with Gasteiger partial charge in [0.25, 0.3) is 5.91 Å². The molecule has 0 atom stereocenters. The lowest BCUT2D eigenvalue weighted by Crippen LogP contribution is -2.43. The van der Waals surface area contributed by atoms with Crippen LogP contribution in [0.25, 0.3) is 0 Å². The van der Waals surface area contributed by atoms with Crippen molar-refractivity contribution in [3.05, 3.63) is 29.6 Å². The van der Waals surface area contributed by atoms with E-state index in [2.05, 4.69) is 5.32 Å². The van der Waals surface area contributed by atoms with Crippen molar-refractivity contribution in [3.63, 3.8) is 0 Å². The molecule has 0 aliphatic rings. The van der Waals surface area contributed by atoms with E-state index in [0.717, 1.165) is 18.9 Å². The normalized spacial score (nSPS) is 11.3. The number of rotatable bonds is 4. The van der Waals surface area contributed by atoms with Crippen molar-refractivity contribution in [3.8, 4) is 5.75 Å². The number of amides is 1. The highest BCUT2D eigenvalue weighted by Gasteiger charge is 2.23. The Balaban J connectivity index is 2.91. The van der Waals surface area contributed by atoms with E-state index in [1.165, 1.54) is 12.1 Å². The van der Waals surface area contributed by atoms with Crippen LogP contribution < -0.4 is 5.32 Å². The third kappa shape index (κ3) is 3.44. The van der Waals surface area contributed by atoms with Crippen molar-refractivity contribution in [1.29, 1.82) is 0 Å². The fourth-order valence-electron chi connectivity index (χ4n) is 1.79. The summed E-state index contributed by atoms with van der Waals surface area (Å²) in [6.45, 7) is 5.74. The van der Waals surface area contributed by atoms with Crippen LogP contribution in [0, 0.1) is 5.82 Å². The molecule has 1 aromatic rings. The van der Waals surface area contributed by atoms with Crippen molar-refractivity contribution in [1.82, 2.24) is 5.32 Å². The Morgan fingerprint density at radius 2 is 2.12 bits per heavy atom. The second kappa shape index (κ2) is 5.17. The Morgan fingerprint density at radius 3 is 2.65 bits per heavy atom. The van der Waals surface area contributed by atoms with Crippen LogP contribution in [0.2, 0.25) is 0 Å². The molecule has 1 aromatic carbocycles. The summed E-state index contributed by atoms with van der Waals surface area (Å²) >= 11 is 0. The van der Waals surface area contributed by atoms with Crippen molar-refractivity contribution >= 4 is 5.91 Å². The molecule has 3 nitrogen and oxygen atoms in total. The number of halogens is 1. The van der Waals surface area contributed by atoms with E-state index in [4.69, 9.17) is 0 Å². The van der Waals surface area contributed by atoms with E-state index in [9.17, 15) is 14.3 Å². The zero-order valence-electron chi connectivity index (χ0n) is 10.4. The highest BCUT2D eigenvalue weighted by molar-refractivity contribution is 5.97. The van der Waals surface area contributed by atoms with Crippen LogP contribution in [-0.4, -0.2) is 16.6 Å². The van der Waals surface area contributed by atoms with Gasteiger partial charge in [0.15, 0.2) is 0 Å². The van der Waals surface area contributed by atoms with Gasteiger partial charge in [-0.15, -0.1) is 0 Å². The van der Waals surface area contributed by atoms with Crippen LogP contribution in [0.15, 0.2) is 18.2 Å². The molecule has 0 saturated heterocycles. The lowest BCUT2D eigenvalue weighted by molar-refractivity contribution is 0.0902. The standard InChI is InChI=1S/C13H18FNO2/c1-4-8-13(2,3)15-12(17)11-9(14)6-5-7-10(11)16/h5-7,16H,4,8H2,1-3H3,(H,15,17). The summed E-state index contributed by atoms with van der Waals surface area (Å²) in [5, 5.41) is 12.2. The van der Waals surface area contributed by atoms with Gasteiger partial charge in [0.05, 0.1) is 0 Å². The molecule has 1 rings (SSSR count). The SMILES string of the molecule is CCCC(C)(C)NC(=O)c1c(O)cccc1F. The minimum Gasteiger partial charge on any atom is -0.507 e. The fourth-order valence-corrected chi connectivity index (χ4v) is 1.79. The Morgan fingerprint density at radius 1 is 1.47 bits per heavy atom. The molecule has 0 aromatic heterocycles. The number of benzene rings is 1. The van der Waals surface area contributed by atoms with Gasteiger partial charge >= 0.3 is 0 Å². The quantitative estimate of drug-likeness (QED) is 0.848. The van der Waals surface area contributed by atoms with Crippen LogP contribution in [0.5, 0.6) is 5.75 Å². The van der Waals surface area contributed by atoms with Gasteiger partial charge in [-0.2, -0.15) is 0 Å². The number of carbonyl (C=O) groups excluding carboxylic acids is 1. The maximum atomic E-state index is 13.4. The van der Waals surface area contributed by atoms with Crippen molar-refractivity contribution in [2.45, 2.75) is 39.2 Å². The highest BCUT2D eigenvalue weighted by Crippen LogP contribution is 2.21. The summed E-state index contributed by atoms with van der Waals surface area (Å²) in [7, 11) is 0. The Bertz CT molecular complexity index is 396. The fraction of sp³-hybridized carbons (Fsp3) is 0.462. The predicted molar refractivity (Wildman–Crippen MR) is 64.5 cm³/mol. The maximum Gasteiger partial charge on any atom is 0.258 e. The average molecular weight is 239 g/mol. The molecular weight excluding hydrogens is 221 g/mol. The maximum absolute atomic E-state index is 13.4. The zero-order valence-corrected chi connectivity index (χ0v) is 10.4. The number of hydrogen-bond acceptors (Lipinski definition) is 2. The number of hydrogen-bond donors (Lipinski definition) is 2. The largest absolute Gasteiger partial charge is 0.507 e. The smallest absolute Gasteiger partial charge is 0.258 e. The first kappa shape index (κ1) is 13.5. The zero-order chi connectivity index (χ0) is 13.1. The van der Waals surface area contributed by atoms with Crippen molar-refractivity contribution in [2.75, 3.05) is 0 Å². The molecule has 0 heterocycles. The monoisotopic (exact) mass is 239 g/mol. The van der Waals surface area contributed by atoms with E-state index in [1.54, 1.807) is 0 Å². The highest BCUT2D eigenvalue weighted by atomic mass is 19.1. The van der Waals surface area contributed by atoms with E-state index in [-0.39, 0.29) is 11.3 Å². The van der Waals surface area contributed by atoms with Gasteiger partial charge in [0.2, 0.25) is 0 Å². The molecule has 0 aliphatic heterocycles. The van der Waals surface area contributed by atoms with Crippen LogP contribution in [0.4, 0.5) is 4.39 Å². The van der Waals surface area contributed by atoms with Gasteiger partial charge < -0.3 is 10.4 Å². The molecule has 17 heavy (non-hydrogen) atoms. The molecule has 0 spiro atoms.